The molecule has 1 fully saturated rings. The van der Waals surface area contributed by atoms with Gasteiger partial charge in [0.25, 0.3) is 5.65 Å². The molecule has 1 aliphatic carbocycles. The van der Waals surface area contributed by atoms with Gasteiger partial charge in [-0.15, -0.1) is 11.3 Å². The quantitative estimate of drug-likeness (QED) is 0.265. The van der Waals surface area contributed by atoms with Crippen molar-refractivity contribution in [3.63, 3.8) is 0 Å². The van der Waals surface area contributed by atoms with Crippen LogP contribution in [0.25, 0.3) is 5.65 Å². The molecule has 0 aliphatic heterocycles. The lowest BCUT2D eigenvalue weighted by Gasteiger charge is -2.24. The van der Waals surface area contributed by atoms with E-state index >= 15 is 0 Å². The van der Waals surface area contributed by atoms with Crippen molar-refractivity contribution in [1.82, 2.24) is 9.55 Å². The molecule has 146 valence electrons. The number of thiazole rings is 1. The van der Waals surface area contributed by atoms with Gasteiger partial charge in [0, 0.05) is 11.8 Å². The zero-order chi connectivity index (χ0) is 19.8. The van der Waals surface area contributed by atoms with Crippen molar-refractivity contribution in [2.75, 3.05) is 6.61 Å². The Labute approximate surface area is 170 Å². The Bertz CT molecular complexity index is 1070. The highest BCUT2D eigenvalue weighted by molar-refractivity contribution is 7.15. The van der Waals surface area contributed by atoms with Crippen molar-refractivity contribution in [3.05, 3.63) is 45.1 Å². The van der Waals surface area contributed by atoms with E-state index < -0.39 is 17.6 Å². The van der Waals surface area contributed by atoms with E-state index in [9.17, 15) is 14.7 Å². The van der Waals surface area contributed by atoms with Crippen LogP contribution in [0.2, 0.25) is 4.47 Å². The maximum atomic E-state index is 12.9. The SMILES string of the molecule is Cc1ccc[n+]2c([O-])c(C(=O)C(=O)OCC3CCC3)n(Cc3cnc(Cl)s3)c12. The molecular weight excluding hydrogens is 402 g/mol. The third-order valence-electron chi connectivity index (χ3n) is 5.02. The number of hydrogen-bond donors (Lipinski definition) is 0. The second-order valence-corrected chi connectivity index (χ2v) is 8.63. The fourth-order valence-corrected chi connectivity index (χ4v) is 4.32. The number of carbonyl (C=O) groups excluding carboxylic acids is 2. The van der Waals surface area contributed by atoms with Gasteiger partial charge in [0.2, 0.25) is 5.69 Å². The minimum absolute atomic E-state index is 0.206. The third-order valence-corrected chi connectivity index (χ3v) is 6.12. The number of carbonyl (C=O) groups is 2. The molecule has 3 aromatic rings. The van der Waals surface area contributed by atoms with E-state index in [1.54, 1.807) is 23.0 Å². The van der Waals surface area contributed by atoms with E-state index in [4.69, 9.17) is 16.3 Å². The number of ether oxygens (including phenoxy) is 1. The van der Waals surface area contributed by atoms with Gasteiger partial charge in [-0.2, -0.15) is 0 Å². The number of aromatic nitrogens is 3. The first-order valence-electron chi connectivity index (χ1n) is 8.98. The van der Waals surface area contributed by atoms with Crippen molar-refractivity contribution in [2.45, 2.75) is 32.7 Å². The molecule has 28 heavy (non-hydrogen) atoms. The molecular formula is C19H18ClN3O4S. The molecule has 0 bridgehead atoms. The second-order valence-electron chi connectivity index (χ2n) is 6.93. The zero-order valence-electron chi connectivity index (χ0n) is 15.2. The van der Waals surface area contributed by atoms with Crippen LogP contribution in [-0.2, 0) is 16.1 Å². The first-order chi connectivity index (χ1) is 13.5. The molecule has 0 saturated heterocycles. The number of fused-ring (bicyclic) bond motifs is 1. The van der Waals surface area contributed by atoms with E-state index in [1.165, 1.54) is 15.7 Å². The summed E-state index contributed by atoms with van der Waals surface area (Å²) in [7, 11) is 0. The summed E-state index contributed by atoms with van der Waals surface area (Å²) in [5, 5.41) is 12.9. The molecule has 0 aromatic carbocycles. The number of pyridine rings is 1. The lowest BCUT2D eigenvalue weighted by Crippen LogP contribution is -2.28. The van der Waals surface area contributed by atoms with Crippen LogP contribution < -0.4 is 9.51 Å². The predicted octanol–water partition coefficient (Wildman–Crippen LogP) is 2.29. The van der Waals surface area contributed by atoms with Gasteiger partial charge >= 0.3 is 11.8 Å². The zero-order valence-corrected chi connectivity index (χ0v) is 16.8. The van der Waals surface area contributed by atoms with Gasteiger partial charge in [-0.05, 0) is 37.8 Å². The summed E-state index contributed by atoms with van der Waals surface area (Å²) in [5.41, 5.74) is 1.14. The topological polar surface area (TPSA) is 88.4 Å². The van der Waals surface area contributed by atoms with Gasteiger partial charge in [0.1, 0.15) is 12.4 Å². The predicted molar refractivity (Wildman–Crippen MR) is 101 cm³/mol. The molecule has 0 spiro atoms. The van der Waals surface area contributed by atoms with Crippen LogP contribution in [-0.4, -0.2) is 27.9 Å². The van der Waals surface area contributed by atoms with Crippen LogP contribution in [0.5, 0.6) is 5.88 Å². The van der Waals surface area contributed by atoms with Crippen LogP contribution in [0.15, 0.2) is 24.5 Å². The Morgan fingerprint density at radius 2 is 2.25 bits per heavy atom. The van der Waals surface area contributed by atoms with Crippen molar-refractivity contribution in [1.29, 1.82) is 0 Å². The minimum Gasteiger partial charge on any atom is -0.839 e. The van der Waals surface area contributed by atoms with Crippen LogP contribution in [0, 0.1) is 12.8 Å². The van der Waals surface area contributed by atoms with E-state index in [2.05, 4.69) is 4.98 Å². The van der Waals surface area contributed by atoms with Crippen LogP contribution >= 0.6 is 22.9 Å². The third kappa shape index (κ3) is 3.38. The second kappa shape index (κ2) is 7.52. The molecule has 0 N–H and O–H groups in total. The highest BCUT2D eigenvalue weighted by Crippen LogP contribution is 2.27. The van der Waals surface area contributed by atoms with E-state index in [0.29, 0.717) is 16.0 Å². The highest BCUT2D eigenvalue weighted by Gasteiger charge is 2.33. The first-order valence-corrected chi connectivity index (χ1v) is 10.2. The number of ketones is 1. The summed E-state index contributed by atoms with van der Waals surface area (Å²) in [6.07, 6.45) is 6.28. The molecule has 0 atom stereocenters. The van der Waals surface area contributed by atoms with Gasteiger partial charge < -0.3 is 9.84 Å². The van der Waals surface area contributed by atoms with Crippen molar-refractivity contribution < 1.29 is 23.8 Å². The number of esters is 1. The summed E-state index contributed by atoms with van der Waals surface area (Å²) in [5.74, 6) is -2.15. The number of nitrogens with zero attached hydrogens (tertiary/aromatic N) is 3. The fourth-order valence-electron chi connectivity index (χ4n) is 3.35. The van der Waals surface area contributed by atoms with Crippen LogP contribution in [0.3, 0.4) is 0 Å². The highest BCUT2D eigenvalue weighted by atomic mass is 35.5. The minimum atomic E-state index is -0.992. The summed E-state index contributed by atoms with van der Waals surface area (Å²) in [6.45, 7) is 2.27. The molecule has 3 heterocycles. The molecule has 1 saturated carbocycles. The molecule has 7 nitrogen and oxygen atoms in total. The fraction of sp³-hybridized carbons (Fsp3) is 0.368. The number of rotatable bonds is 6. The lowest BCUT2D eigenvalue weighted by atomic mass is 9.86. The van der Waals surface area contributed by atoms with Gasteiger partial charge in [0.15, 0.2) is 4.47 Å². The number of aryl methyl sites for hydroxylation is 1. The molecule has 9 heteroatoms. The van der Waals surface area contributed by atoms with Gasteiger partial charge in [-0.1, -0.05) is 18.0 Å². The van der Waals surface area contributed by atoms with Crippen molar-refractivity contribution >= 4 is 40.3 Å². The Morgan fingerprint density at radius 1 is 1.46 bits per heavy atom. The Kier molecular flexibility index (Phi) is 5.07. The molecule has 4 rings (SSSR count). The van der Waals surface area contributed by atoms with E-state index in [1.807, 2.05) is 13.0 Å². The average Bonchev–Trinajstić information content (AvgIpc) is 3.15. The smallest absolute Gasteiger partial charge is 0.383 e. The number of Topliss-reactive ketones (excluding diaryl/α,β-unsaturated/α-hetero) is 1. The van der Waals surface area contributed by atoms with Crippen LogP contribution in [0.4, 0.5) is 0 Å². The Balaban J connectivity index is 1.74. The molecule has 3 aromatic heterocycles. The average molecular weight is 420 g/mol. The van der Waals surface area contributed by atoms with Gasteiger partial charge in [-0.25, -0.2) is 18.7 Å². The number of halogens is 1. The maximum Gasteiger partial charge on any atom is 0.383 e. The van der Waals surface area contributed by atoms with Gasteiger partial charge in [-0.3, -0.25) is 4.79 Å². The largest absolute Gasteiger partial charge is 0.839 e. The standard InChI is InChI=1S/C19H18ClN3O4S/c1-11-4-3-7-22-16(11)23(9-13-8-21-19(20)28-13)14(17(22)25)15(24)18(26)27-10-12-5-2-6-12/h3-4,7-8,12H,2,5-6,9-10H2,1H3. The molecule has 0 amide bonds. The number of hydrogen-bond acceptors (Lipinski definition) is 6. The summed E-state index contributed by atoms with van der Waals surface area (Å²) < 4.78 is 8.47. The van der Waals surface area contributed by atoms with E-state index in [0.717, 1.165) is 29.7 Å². The maximum absolute atomic E-state index is 12.9. The normalized spacial score (nSPS) is 14.2. The van der Waals surface area contributed by atoms with Gasteiger partial charge in [0.05, 0.1) is 17.7 Å². The van der Waals surface area contributed by atoms with Crippen molar-refractivity contribution in [2.24, 2.45) is 5.92 Å². The van der Waals surface area contributed by atoms with Crippen LogP contribution in [0.1, 0.15) is 40.2 Å². The molecule has 0 unspecified atom stereocenters. The molecule has 1 aliphatic rings. The summed E-state index contributed by atoms with van der Waals surface area (Å²) >= 11 is 7.17. The molecule has 0 radical (unpaired) electrons. The summed E-state index contributed by atoms with van der Waals surface area (Å²) in [4.78, 5) is 30.0. The monoisotopic (exact) mass is 419 g/mol. The van der Waals surface area contributed by atoms with E-state index in [-0.39, 0.29) is 18.8 Å². The Hall–Kier alpha value is -2.45. The first kappa shape index (κ1) is 18.9. The Morgan fingerprint density at radius 3 is 2.89 bits per heavy atom. The number of imidazole rings is 1. The van der Waals surface area contributed by atoms with Crippen molar-refractivity contribution in [3.8, 4) is 5.88 Å². The summed E-state index contributed by atoms with van der Waals surface area (Å²) in [6, 6.07) is 3.56. The lowest BCUT2D eigenvalue weighted by molar-refractivity contribution is -0.583.